The van der Waals surface area contributed by atoms with Crippen LogP contribution in [-0.4, -0.2) is 43.7 Å². The highest BCUT2D eigenvalue weighted by Gasteiger charge is 2.20. The summed E-state index contributed by atoms with van der Waals surface area (Å²) >= 11 is 0. The van der Waals surface area contributed by atoms with E-state index in [1.54, 1.807) is 0 Å². The van der Waals surface area contributed by atoms with Crippen molar-refractivity contribution in [2.24, 2.45) is 0 Å². The van der Waals surface area contributed by atoms with Crippen molar-refractivity contribution in [2.45, 2.75) is 13.0 Å². The number of aliphatic hydroxyl groups is 1. The second kappa shape index (κ2) is 7.35. The molecule has 130 valence electrons. The zero-order valence-corrected chi connectivity index (χ0v) is 13.2. The third-order valence-electron chi connectivity index (χ3n) is 3.74. The van der Waals surface area contributed by atoms with Gasteiger partial charge in [0.05, 0.1) is 12.2 Å². The van der Waals surface area contributed by atoms with Gasteiger partial charge in [0.25, 0.3) is 12.3 Å². The minimum atomic E-state index is -2.79. The van der Waals surface area contributed by atoms with Crippen molar-refractivity contribution in [2.75, 3.05) is 13.2 Å². The SMILES string of the molecule is O=C(c1ccc2nnc(C(F)F)n2c1)N(CCO)Cc1ccccc1. The van der Waals surface area contributed by atoms with Crippen molar-refractivity contribution in [1.82, 2.24) is 19.5 Å². The summed E-state index contributed by atoms with van der Waals surface area (Å²) in [5, 5.41) is 16.3. The average molecular weight is 346 g/mol. The molecule has 0 aliphatic rings. The molecule has 0 aliphatic carbocycles. The number of hydrogen-bond acceptors (Lipinski definition) is 4. The molecule has 0 bridgehead atoms. The largest absolute Gasteiger partial charge is 0.395 e. The van der Waals surface area contributed by atoms with Crippen molar-refractivity contribution in [1.29, 1.82) is 0 Å². The number of pyridine rings is 1. The summed E-state index contributed by atoms with van der Waals surface area (Å²) in [6.45, 7) is 0.244. The highest BCUT2D eigenvalue weighted by Crippen LogP contribution is 2.19. The monoisotopic (exact) mass is 346 g/mol. The molecule has 0 aliphatic heterocycles. The molecule has 0 unspecified atom stereocenters. The molecule has 25 heavy (non-hydrogen) atoms. The van der Waals surface area contributed by atoms with E-state index in [2.05, 4.69) is 10.2 Å². The van der Waals surface area contributed by atoms with Crippen LogP contribution in [0.3, 0.4) is 0 Å². The Labute approximate surface area is 142 Å². The van der Waals surface area contributed by atoms with E-state index in [1.807, 2.05) is 30.3 Å². The number of carbonyl (C=O) groups is 1. The zero-order chi connectivity index (χ0) is 17.8. The standard InChI is InChI=1S/C17H16F2N4O2/c18-15(19)16-21-20-14-7-6-13(11-23(14)16)17(25)22(8-9-24)10-12-4-2-1-3-5-12/h1-7,11,15,24H,8-10H2. The van der Waals surface area contributed by atoms with Gasteiger partial charge in [-0.25, -0.2) is 8.78 Å². The molecule has 0 saturated carbocycles. The van der Waals surface area contributed by atoms with Crippen LogP contribution in [0.25, 0.3) is 5.65 Å². The third-order valence-corrected chi connectivity index (χ3v) is 3.74. The molecule has 2 aromatic heterocycles. The molecule has 1 aromatic carbocycles. The summed E-state index contributed by atoms with van der Waals surface area (Å²) in [4.78, 5) is 14.2. The van der Waals surface area contributed by atoms with E-state index >= 15 is 0 Å². The number of amides is 1. The normalized spacial score (nSPS) is 11.2. The molecule has 3 rings (SSSR count). The number of carbonyl (C=O) groups excluding carboxylic acids is 1. The lowest BCUT2D eigenvalue weighted by molar-refractivity contribution is 0.0707. The van der Waals surface area contributed by atoms with Crippen LogP contribution in [0.5, 0.6) is 0 Å². The van der Waals surface area contributed by atoms with E-state index in [1.165, 1.54) is 23.2 Å². The van der Waals surface area contributed by atoms with E-state index in [4.69, 9.17) is 0 Å². The molecule has 0 atom stereocenters. The third kappa shape index (κ3) is 3.63. The number of halogens is 2. The summed E-state index contributed by atoms with van der Waals surface area (Å²) < 4.78 is 27.1. The summed E-state index contributed by atoms with van der Waals surface area (Å²) in [7, 11) is 0. The van der Waals surface area contributed by atoms with Crippen molar-refractivity contribution in [3.8, 4) is 0 Å². The highest BCUT2D eigenvalue weighted by atomic mass is 19.3. The second-order valence-electron chi connectivity index (χ2n) is 5.44. The number of hydrogen-bond donors (Lipinski definition) is 1. The number of aromatic nitrogens is 3. The van der Waals surface area contributed by atoms with Crippen molar-refractivity contribution < 1.29 is 18.7 Å². The maximum absolute atomic E-state index is 13.0. The van der Waals surface area contributed by atoms with Crippen LogP contribution in [0.4, 0.5) is 8.78 Å². The Morgan fingerprint density at radius 2 is 1.92 bits per heavy atom. The van der Waals surface area contributed by atoms with Crippen LogP contribution in [-0.2, 0) is 6.54 Å². The van der Waals surface area contributed by atoms with Gasteiger partial charge in [-0.15, -0.1) is 10.2 Å². The summed E-state index contributed by atoms with van der Waals surface area (Å²) in [6, 6.07) is 12.3. The topological polar surface area (TPSA) is 70.7 Å². The van der Waals surface area contributed by atoms with Gasteiger partial charge in [-0.3, -0.25) is 9.20 Å². The van der Waals surface area contributed by atoms with Crippen LogP contribution < -0.4 is 0 Å². The number of rotatable bonds is 6. The minimum absolute atomic E-state index is 0.135. The number of alkyl halides is 2. The first-order valence-corrected chi connectivity index (χ1v) is 7.67. The first-order chi connectivity index (χ1) is 12.1. The van der Waals surface area contributed by atoms with Gasteiger partial charge in [0.15, 0.2) is 5.65 Å². The smallest absolute Gasteiger partial charge is 0.297 e. The lowest BCUT2D eigenvalue weighted by atomic mass is 10.2. The predicted molar refractivity (Wildman–Crippen MR) is 86.2 cm³/mol. The molecule has 3 aromatic rings. The van der Waals surface area contributed by atoms with E-state index < -0.39 is 12.2 Å². The van der Waals surface area contributed by atoms with E-state index in [0.717, 1.165) is 9.96 Å². The van der Waals surface area contributed by atoms with Crippen LogP contribution in [0.15, 0.2) is 48.7 Å². The summed E-state index contributed by atoms with van der Waals surface area (Å²) in [5.41, 5.74) is 1.37. The van der Waals surface area contributed by atoms with Crippen LogP contribution in [0, 0.1) is 0 Å². The molecule has 1 N–H and O–H groups in total. The Hall–Kier alpha value is -2.87. The molecule has 0 spiro atoms. The van der Waals surface area contributed by atoms with Crippen molar-refractivity contribution >= 4 is 11.6 Å². The first kappa shape index (κ1) is 17.0. The molecule has 8 heteroatoms. The fourth-order valence-electron chi connectivity index (χ4n) is 2.54. The van der Waals surface area contributed by atoms with E-state index in [0.29, 0.717) is 6.54 Å². The molecule has 2 heterocycles. The van der Waals surface area contributed by atoms with Crippen molar-refractivity contribution in [3.05, 3.63) is 65.6 Å². The predicted octanol–water partition coefficient (Wildman–Crippen LogP) is 2.30. The van der Waals surface area contributed by atoms with E-state index in [9.17, 15) is 18.7 Å². The zero-order valence-electron chi connectivity index (χ0n) is 13.2. The van der Waals surface area contributed by atoms with Gasteiger partial charge in [-0.05, 0) is 17.7 Å². The fraction of sp³-hybridized carbons (Fsp3) is 0.235. The molecule has 0 radical (unpaired) electrons. The quantitative estimate of drug-likeness (QED) is 0.743. The Bertz CT molecular complexity index is 867. The number of nitrogens with zero attached hydrogens (tertiary/aromatic N) is 4. The van der Waals surface area contributed by atoms with Gasteiger partial charge >= 0.3 is 0 Å². The average Bonchev–Trinajstić information content (AvgIpc) is 3.05. The number of fused-ring (bicyclic) bond motifs is 1. The Morgan fingerprint density at radius 1 is 1.16 bits per heavy atom. The van der Waals surface area contributed by atoms with Crippen molar-refractivity contribution in [3.63, 3.8) is 0 Å². The molecule has 0 saturated heterocycles. The fourth-order valence-corrected chi connectivity index (χ4v) is 2.54. The Kier molecular flexibility index (Phi) is 4.99. The molecule has 0 fully saturated rings. The van der Waals surface area contributed by atoms with Gasteiger partial charge in [-0.2, -0.15) is 0 Å². The lowest BCUT2D eigenvalue weighted by Crippen LogP contribution is -2.33. The minimum Gasteiger partial charge on any atom is -0.395 e. The summed E-state index contributed by atoms with van der Waals surface area (Å²) in [6.07, 6.45) is -1.49. The van der Waals surface area contributed by atoms with Crippen LogP contribution in [0.2, 0.25) is 0 Å². The molecule has 6 nitrogen and oxygen atoms in total. The van der Waals surface area contributed by atoms with Gasteiger partial charge in [0.1, 0.15) is 0 Å². The van der Waals surface area contributed by atoms with Gasteiger partial charge in [0, 0.05) is 19.3 Å². The first-order valence-electron chi connectivity index (χ1n) is 7.67. The summed E-state index contributed by atoms with van der Waals surface area (Å²) in [5.74, 6) is -0.880. The maximum atomic E-state index is 13.0. The molecular weight excluding hydrogens is 330 g/mol. The maximum Gasteiger partial charge on any atom is 0.297 e. The van der Waals surface area contributed by atoms with Gasteiger partial charge in [0.2, 0.25) is 5.82 Å². The highest BCUT2D eigenvalue weighted by molar-refractivity contribution is 5.94. The number of benzene rings is 1. The van der Waals surface area contributed by atoms with Crippen LogP contribution in [0.1, 0.15) is 28.2 Å². The van der Waals surface area contributed by atoms with Gasteiger partial charge < -0.3 is 10.0 Å². The van der Waals surface area contributed by atoms with Gasteiger partial charge in [-0.1, -0.05) is 30.3 Å². The number of aliphatic hydroxyl groups excluding tert-OH is 1. The molecule has 1 amide bonds. The van der Waals surface area contributed by atoms with Crippen LogP contribution >= 0.6 is 0 Å². The lowest BCUT2D eigenvalue weighted by Gasteiger charge is -2.22. The second-order valence-corrected chi connectivity index (χ2v) is 5.44. The Morgan fingerprint density at radius 3 is 2.60 bits per heavy atom. The van der Waals surface area contributed by atoms with E-state index in [-0.39, 0.29) is 30.3 Å². The molecular formula is C17H16F2N4O2. The Balaban J connectivity index is 1.91.